The molecule has 2 aliphatic rings. The number of thioether (sulfide) groups is 1. The van der Waals surface area contributed by atoms with E-state index >= 15 is 0 Å². The Hall–Kier alpha value is -0.950. The predicted molar refractivity (Wildman–Crippen MR) is 112 cm³/mol. The molecule has 2 fully saturated rings. The highest BCUT2D eigenvalue weighted by Gasteiger charge is 2.31. The summed E-state index contributed by atoms with van der Waals surface area (Å²) >= 11 is 1.98. The van der Waals surface area contributed by atoms with Crippen molar-refractivity contribution in [1.82, 2.24) is 9.80 Å². The Kier molecular flexibility index (Phi) is 7.31. The number of aliphatic hydroxyl groups excluding tert-OH is 1. The van der Waals surface area contributed by atoms with Crippen molar-refractivity contribution in [2.24, 2.45) is 0 Å². The molecule has 0 aromatic heterocycles. The molecular weight excluding hydrogens is 360 g/mol. The summed E-state index contributed by atoms with van der Waals surface area (Å²) in [4.78, 5) is 4.84. The van der Waals surface area contributed by atoms with Crippen molar-refractivity contribution in [2.45, 2.75) is 44.9 Å². The fraction of sp³-hybridized carbons (Fsp3) is 0.714. The van der Waals surface area contributed by atoms with Gasteiger partial charge in [-0.25, -0.2) is 0 Å². The molecule has 0 bridgehead atoms. The van der Waals surface area contributed by atoms with Gasteiger partial charge in [0, 0.05) is 43.2 Å². The molecule has 6 heteroatoms. The molecule has 1 aromatic rings. The zero-order valence-electron chi connectivity index (χ0n) is 16.9. The van der Waals surface area contributed by atoms with Crippen molar-refractivity contribution >= 4 is 11.8 Å². The van der Waals surface area contributed by atoms with E-state index in [2.05, 4.69) is 35.8 Å². The Morgan fingerprint density at radius 1 is 1.19 bits per heavy atom. The van der Waals surface area contributed by atoms with Gasteiger partial charge in [0.25, 0.3) is 0 Å². The van der Waals surface area contributed by atoms with Crippen molar-refractivity contribution in [2.75, 3.05) is 51.4 Å². The summed E-state index contributed by atoms with van der Waals surface area (Å²) < 4.78 is 11.4. The molecule has 2 heterocycles. The van der Waals surface area contributed by atoms with Gasteiger partial charge in [0.1, 0.15) is 12.7 Å². The number of hydrogen-bond donors (Lipinski definition) is 1. The van der Waals surface area contributed by atoms with Gasteiger partial charge >= 0.3 is 0 Å². The van der Waals surface area contributed by atoms with Crippen molar-refractivity contribution in [3.63, 3.8) is 0 Å². The Labute approximate surface area is 168 Å². The van der Waals surface area contributed by atoms with Gasteiger partial charge in [-0.15, -0.1) is 0 Å². The largest absolute Gasteiger partial charge is 0.493 e. The number of aliphatic hydroxyl groups is 1. The molecule has 152 valence electrons. The van der Waals surface area contributed by atoms with Crippen LogP contribution in [0, 0.1) is 0 Å². The summed E-state index contributed by atoms with van der Waals surface area (Å²) in [5, 5.41) is 10.3. The van der Waals surface area contributed by atoms with E-state index in [0.29, 0.717) is 18.9 Å². The number of likely N-dealkylation sites (tertiary alicyclic amines) is 1. The molecule has 2 saturated heterocycles. The highest BCUT2D eigenvalue weighted by molar-refractivity contribution is 7.99. The number of rotatable bonds is 8. The lowest BCUT2D eigenvalue weighted by molar-refractivity contribution is 0.0704. The van der Waals surface area contributed by atoms with Gasteiger partial charge in [-0.05, 0) is 50.9 Å². The third-order valence-corrected chi connectivity index (χ3v) is 6.62. The van der Waals surface area contributed by atoms with Crippen LogP contribution in [-0.4, -0.2) is 78.0 Å². The summed E-state index contributed by atoms with van der Waals surface area (Å²) in [7, 11) is 1.67. The van der Waals surface area contributed by atoms with Crippen LogP contribution < -0.4 is 9.47 Å². The topological polar surface area (TPSA) is 45.2 Å². The van der Waals surface area contributed by atoms with Gasteiger partial charge in [0.05, 0.1) is 7.11 Å². The summed E-state index contributed by atoms with van der Waals surface area (Å²) in [6, 6.07) is 6.15. The first-order chi connectivity index (χ1) is 13.0. The highest BCUT2D eigenvalue weighted by Crippen LogP contribution is 2.33. The third-order valence-electron chi connectivity index (χ3n) is 5.68. The standard InChI is InChI=1S/C21H34N2O3S/c1-21(2)7-4-8-23(21)14-17-5-6-19(20(13-17)25-3)26-16-18(24)15-22-9-11-27-12-10-22/h5-6,13,18,24H,4,7-12,14-16H2,1-3H3. The molecule has 27 heavy (non-hydrogen) atoms. The molecule has 1 N–H and O–H groups in total. The number of hydrogen-bond acceptors (Lipinski definition) is 6. The van der Waals surface area contributed by atoms with E-state index in [9.17, 15) is 5.11 Å². The molecule has 0 aliphatic carbocycles. The monoisotopic (exact) mass is 394 g/mol. The zero-order valence-corrected chi connectivity index (χ0v) is 17.8. The second kappa shape index (κ2) is 9.50. The molecule has 1 unspecified atom stereocenters. The van der Waals surface area contributed by atoms with Gasteiger partial charge < -0.3 is 14.6 Å². The van der Waals surface area contributed by atoms with Crippen LogP contribution in [0.1, 0.15) is 32.3 Å². The van der Waals surface area contributed by atoms with Crippen molar-refractivity contribution < 1.29 is 14.6 Å². The maximum absolute atomic E-state index is 10.3. The van der Waals surface area contributed by atoms with Crippen molar-refractivity contribution in [3.05, 3.63) is 23.8 Å². The van der Waals surface area contributed by atoms with Gasteiger partial charge in [-0.2, -0.15) is 11.8 Å². The smallest absolute Gasteiger partial charge is 0.161 e. The van der Waals surface area contributed by atoms with Crippen LogP contribution in [0.5, 0.6) is 11.5 Å². The lowest BCUT2D eigenvalue weighted by Gasteiger charge is -2.31. The van der Waals surface area contributed by atoms with E-state index in [1.165, 1.54) is 18.4 Å². The maximum Gasteiger partial charge on any atom is 0.161 e. The highest BCUT2D eigenvalue weighted by atomic mass is 32.2. The Balaban J connectivity index is 1.54. The van der Waals surface area contributed by atoms with Crippen molar-refractivity contribution in [1.29, 1.82) is 0 Å². The zero-order chi connectivity index (χ0) is 19.3. The summed E-state index contributed by atoms with van der Waals surface area (Å²) in [6.45, 7) is 9.77. The van der Waals surface area contributed by atoms with Crippen molar-refractivity contribution in [3.8, 4) is 11.5 Å². The Morgan fingerprint density at radius 3 is 2.63 bits per heavy atom. The Bertz CT molecular complexity index is 605. The molecule has 0 amide bonds. The molecule has 0 saturated carbocycles. The maximum atomic E-state index is 10.3. The fourth-order valence-corrected chi connectivity index (χ4v) is 4.91. The van der Waals surface area contributed by atoms with Gasteiger partial charge in [-0.3, -0.25) is 9.80 Å². The quantitative estimate of drug-likeness (QED) is 0.732. The van der Waals surface area contributed by atoms with Crippen LogP contribution in [0.3, 0.4) is 0 Å². The number of ether oxygens (including phenoxy) is 2. The van der Waals surface area contributed by atoms with Crippen LogP contribution in [0.4, 0.5) is 0 Å². The molecule has 0 radical (unpaired) electrons. The van der Waals surface area contributed by atoms with E-state index in [-0.39, 0.29) is 5.54 Å². The second-order valence-corrected chi connectivity index (χ2v) is 9.43. The summed E-state index contributed by atoms with van der Waals surface area (Å²) in [6.07, 6.45) is 2.03. The molecule has 2 aliphatic heterocycles. The molecular formula is C21H34N2O3S. The number of β-amino-alcohol motifs (C(OH)–C–C–N with tert-alkyl or cyclic N) is 1. The summed E-state index contributed by atoms with van der Waals surface area (Å²) in [5.74, 6) is 3.74. The minimum absolute atomic E-state index is 0.263. The normalized spacial score (nSPS) is 21.9. The van der Waals surface area contributed by atoms with Gasteiger partial charge in [-0.1, -0.05) is 6.07 Å². The molecule has 5 nitrogen and oxygen atoms in total. The molecule has 0 spiro atoms. The van der Waals surface area contributed by atoms with Crippen LogP contribution in [0.2, 0.25) is 0 Å². The van der Waals surface area contributed by atoms with Gasteiger partial charge in [0.2, 0.25) is 0 Å². The number of nitrogens with zero attached hydrogens (tertiary/aromatic N) is 2. The van der Waals surface area contributed by atoms with E-state index in [1.54, 1.807) is 7.11 Å². The van der Waals surface area contributed by atoms with Crippen LogP contribution >= 0.6 is 11.8 Å². The Morgan fingerprint density at radius 2 is 1.96 bits per heavy atom. The van der Waals surface area contributed by atoms with Gasteiger partial charge in [0.15, 0.2) is 11.5 Å². The number of methoxy groups -OCH3 is 1. The lowest BCUT2D eigenvalue weighted by Crippen LogP contribution is -2.40. The minimum atomic E-state index is -0.483. The average Bonchev–Trinajstić information content (AvgIpc) is 2.99. The van der Waals surface area contributed by atoms with E-state index in [1.807, 2.05) is 17.8 Å². The summed E-state index contributed by atoms with van der Waals surface area (Å²) in [5.41, 5.74) is 1.50. The average molecular weight is 395 g/mol. The first-order valence-electron chi connectivity index (χ1n) is 10.0. The minimum Gasteiger partial charge on any atom is -0.493 e. The van der Waals surface area contributed by atoms with E-state index in [0.717, 1.165) is 43.4 Å². The molecule has 3 rings (SSSR count). The molecule has 1 atom stereocenters. The second-order valence-electron chi connectivity index (χ2n) is 8.20. The van der Waals surface area contributed by atoms with Crippen LogP contribution in [0.25, 0.3) is 0 Å². The van der Waals surface area contributed by atoms with Crippen LogP contribution in [0.15, 0.2) is 18.2 Å². The fourth-order valence-electron chi connectivity index (χ4n) is 3.93. The first kappa shape index (κ1) is 20.8. The van der Waals surface area contributed by atoms with E-state index in [4.69, 9.17) is 9.47 Å². The first-order valence-corrected chi connectivity index (χ1v) is 11.2. The van der Waals surface area contributed by atoms with E-state index < -0.39 is 6.10 Å². The third kappa shape index (κ3) is 5.76. The number of benzene rings is 1. The SMILES string of the molecule is COc1cc(CN2CCCC2(C)C)ccc1OCC(O)CN1CCSCC1. The predicted octanol–water partition coefficient (Wildman–Crippen LogP) is 2.86. The molecule has 1 aromatic carbocycles. The van der Waals surface area contributed by atoms with Crippen LogP contribution in [-0.2, 0) is 6.54 Å². The lowest BCUT2D eigenvalue weighted by atomic mass is 10.0.